The number of carbonyl (C=O) groups excluding carboxylic acids is 2. The summed E-state index contributed by atoms with van der Waals surface area (Å²) in [5, 5.41) is 0. The number of hydrazine groups is 1. The SMILES string of the molecule is O=C(/C=C/c1ccc(S(=O)(=O)N2CCOCC2)cc1)NNC(=O)c1ccccc1. The molecule has 0 atom stereocenters. The van der Waals surface area contributed by atoms with Crippen molar-refractivity contribution < 1.29 is 22.7 Å². The fourth-order valence-corrected chi connectivity index (χ4v) is 4.09. The molecule has 1 saturated heterocycles. The molecule has 0 saturated carbocycles. The molecule has 29 heavy (non-hydrogen) atoms. The summed E-state index contributed by atoms with van der Waals surface area (Å²) < 4.78 is 31.7. The van der Waals surface area contributed by atoms with Crippen LogP contribution >= 0.6 is 0 Å². The van der Waals surface area contributed by atoms with Crippen LogP contribution < -0.4 is 10.9 Å². The van der Waals surface area contributed by atoms with Crippen molar-refractivity contribution >= 4 is 27.9 Å². The fourth-order valence-electron chi connectivity index (χ4n) is 2.68. The summed E-state index contributed by atoms with van der Waals surface area (Å²) in [4.78, 5) is 23.9. The fraction of sp³-hybridized carbons (Fsp3) is 0.200. The molecule has 2 amide bonds. The summed E-state index contributed by atoms with van der Waals surface area (Å²) in [5.41, 5.74) is 5.68. The maximum atomic E-state index is 12.6. The number of nitrogens with one attached hydrogen (secondary N) is 2. The van der Waals surface area contributed by atoms with Crippen LogP contribution in [0.25, 0.3) is 6.08 Å². The molecule has 0 bridgehead atoms. The first-order chi connectivity index (χ1) is 14.0. The summed E-state index contributed by atoms with van der Waals surface area (Å²) in [6.45, 7) is 1.43. The first-order valence-corrected chi connectivity index (χ1v) is 10.4. The van der Waals surface area contributed by atoms with E-state index < -0.39 is 21.8 Å². The van der Waals surface area contributed by atoms with Crippen LogP contribution in [0, 0.1) is 0 Å². The van der Waals surface area contributed by atoms with E-state index in [1.807, 2.05) is 0 Å². The highest BCUT2D eigenvalue weighted by molar-refractivity contribution is 7.89. The van der Waals surface area contributed by atoms with Gasteiger partial charge in [0.05, 0.1) is 18.1 Å². The number of amides is 2. The molecule has 1 aliphatic rings. The number of nitrogens with zero attached hydrogens (tertiary/aromatic N) is 1. The van der Waals surface area contributed by atoms with Gasteiger partial charge in [0.15, 0.2) is 0 Å². The Hall–Kier alpha value is -3.01. The third-order valence-corrected chi connectivity index (χ3v) is 6.16. The molecule has 0 spiro atoms. The van der Waals surface area contributed by atoms with Crippen molar-refractivity contribution in [1.82, 2.24) is 15.2 Å². The first-order valence-electron chi connectivity index (χ1n) is 8.98. The lowest BCUT2D eigenvalue weighted by molar-refractivity contribution is -0.117. The minimum Gasteiger partial charge on any atom is -0.379 e. The van der Waals surface area contributed by atoms with Gasteiger partial charge in [-0.2, -0.15) is 4.31 Å². The second-order valence-corrected chi connectivity index (χ2v) is 8.17. The number of ether oxygens (including phenoxy) is 1. The molecule has 1 heterocycles. The third-order valence-electron chi connectivity index (χ3n) is 4.25. The molecular weight excluding hydrogens is 394 g/mol. The molecule has 152 valence electrons. The maximum absolute atomic E-state index is 12.6. The van der Waals surface area contributed by atoms with Gasteiger partial charge < -0.3 is 4.74 Å². The van der Waals surface area contributed by atoms with Crippen molar-refractivity contribution in [3.05, 3.63) is 71.8 Å². The predicted molar refractivity (Wildman–Crippen MR) is 107 cm³/mol. The second-order valence-electron chi connectivity index (χ2n) is 6.23. The van der Waals surface area contributed by atoms with Crippen molar-refractivity contribution in [3.63, 3.8) is 0 Å². The van der Waals surface area contributed by atoms with Gasteiger partial charge in [0, 0.05) is 24.7 Å². The Morgan fingerprint density at radius 3 is 2.24 bits per heavy atom. The maximum Gasteiger partial charge on any atom is 0.269 e. The molecule has 0 aliphatic carbocycles. The zero-order valence-corrected chi connectivity index (χ0v) is 16.4. The van der Waals surface area contributed by atoms with Gasteiger partial charge in [-0.05, 0) is 35.9 Å². The lowest BCUT2D eigenvalue weighted by Crippen LogP contribution is -2.40. The zero-order chi connectivity index (χ0) is 20.7. The summed E-state index contributed by atoms with van der Waals surface area (Å²) in [6.07, 6.45) is 2.77. The molecule has 0 aromatic heterocycles. The van der Waals surface area contributed by atoms with Crippen LogP contribution in [0.2, 0.25) is 0 Å². The first kappa shape index (κ1) is 20.7. The van der Waals surface area contributed by atoms with Crippen LogP contribution in [0.4, 0.5) is 0 Å². The van der Waals surface area contributed by atoms with E-state index in [-0.39, 0.29) is 4.90 Å². The molecular formula is C20H21N3O5S. The van der Waals surface area contributed by atoms with Crippen molar-refractivity contribution in [3.8, 4) is 0 Å². The molecule has 2 aromatic carbocycles. The number of carbonyl (C=O) groups is 2. The largest absolute Gasteiger partial charge is 0.379 e. The van der Waals surface area contributed by atoms with Crippen molar-refractivity contribution in [1.29, 1.82) is 0 Å². The number of hydrogen-bond donors (Lipinski definition) is 2. The smallest absolute Gasteiger partial charge is 0.269 e. The third kappa shape index (κ3) is 5.50. The highest BCUT2D eigenvalue weighted by Crippen LogP contribution is 2.18. The Bertz CT molecular complexity index is 983. The molecule has 9 heteroatoms. The van der Waals surface area contributed by atoms with Gasteiger partial charge in [-0.15, -0.1) is 0 Å². The molecule has 3 rings (SSSR count). The van der Waals surface area contributed by atoms with Gasteiger partial charge in [-0.1, -0.05) is 30.3 Å². The van der Waals surface area contributed by atoms with Crippen LogP contribution in [-0.4, -0.2) is 50.8 Å². The second kappa shape index (κ2) is 9.46. The molecule has 2 N–H and O–H groups in total. The molecule has 0 radical (unpaired) electrons. The van der Waals surface area contributed by atoms with E-state index in [2.05, 4.69) is 10.9 Å². The Morgan fingerprint density at radius 2 is 1.59 bits per heavy atom. The van der Waals surface area contributed by atoms with Crippen LogP contribution in [-0.2, 0) is 19.6 Å². The summed E-state index contributed by atoms with van der Waals surface area (Å²) in [6, 6.07) is 14.7. The number of sulfonamides is 1. The van der Waals surface area contributed by atoms with Crippen molar-refractivity contribution in [2.45, 2.75) is 4.90 Å². The van der Waals surface area contributed by atoms with Gasteiger partial charge in [-0.3, -0.25) is 20.4 Å². The highest BCUT2D eigenvalue weighted by atomic mass is 32.2. The van der Waals surface area contributed by atoms with E-state index in [9.17, 15) is 18.0 Å². The number of hydrogen-bond acceptors (Lipinski definition) is 5. The predicted octanol–water partition coefficient (Wildman–Crippen LogP) is 1.18. The average Bonchev–Trinajstić information content (AvgIpc) is 2.77. The Kier molecular flexibility index (Phi) is 6.76. The van der Waals surface area contributed by atoms with Gasteiger partial charge in [0.25, 0.3) is 11.8 Å². The van der Waals surface area contributed by atoms with Crippen molar-refractivity contribution in [2.24, 2.45) is 0 Å². The minimum atomic E-state index is -3.55. The monoisotopic (exact) mass is 415 g/mol. The summed E-state index contributed by atoms with van der Waals surface area (Å²) >= 11 is 0. The lowest BCUT2D eigenvalue weighted by atomic mass is 10.2. The van der Waals surface area contributed by atoms with Gasteiger partial charge in [-0.25, -0.2) is 8.42 Å². The van der Waals surface area contributed by atoms with E-state index in [1.165, 1.54) is 28.6 Å². The Labute approximate surface area is 169 Å². The van der Waals surface area contributed by atoms with Crippen molar-refractivity contribution in [2.75, 3.05) is 26.3 Å². The van der Waals surface area contributed by atoms with Crippen LogP contribution in [0.3, 0.4) is 0 Å². The van der Waals surface area contributed by atoms with Gasteiger partial charge in [0.1, 0.15) is 0 Å². The van der Waals surface area contributed by atoms with E-state index in [0.717, 1.165) is 0 Å². The molecule has 1 fully saturated rings. The van der Waals surface area contributed by atoms with Gasteiger partial charge in [0.2, 0.25) is 10.0 Å². The molecule has 2 aromatic rings. The average molecular weight is 415 g/mol. The standard InChI is InChI=1S/C20H21N3O5S/c24-19(21-22-20(25)17-4-2-1-3-5-17)11-8-16-6-9-18(10-7-16)29(26,27)23-12-14-28-15-13-23/h1-11H,12-15H2,(H,21,24)(H,22,25)/b11-8+. The Morgan fingerprint density at radius 1 is 0.931 bits per heavy atom. The lowest BCUT2D eigenvalue weighted by Gasteiger charge is -2.26. The number of rotatable bonds is 5. The van der Waals surface area contributed by atoms with Crippen LogP contribution in [0.5, 0.6) is 0 Å². The van der Waals surface area contributed by atoms with E-state index >= 15 is 0 Å². The van der Waals surface area contributed by atoms with Crippen LogP contribution in [0.15, 0.2) is 65.6 Å². The summed E-state index contributed by atoms with van der Waals surface area (Å²) in [7, 11) is -3.55. The zero-order valence-electron chi connectivity index (χ0n) is 15.6. The van der Waals surface area contributed by atoms with E-state index in [1.54, 1.807) is 42.5 Å². The molecule has 0 unspecified atom stereocenters. The Balaban J connectivity index is 1.55. The topological polar surface area (TPSA) is 105 Å². The van der Waals surface area contributed by atoms with E-state index in [4.69, 9.17) is 4.74 Å². The normalized spacial score (nSPS) is 15.2. The molecule has 1 aliphatic heterocycles. The highest BCUT2D eigenvalue weighted by Gasteiger charge is 2.25. The molecule has 8 nitrogen and oxygen atoms in total. The number of morpholine rings is 1. The minimum absolute atomic E-state index is 0.191. The van der Waals surface area contributed by atoms with Crippen LogP contribution in [0.1, 0.15) is 15.9 Å². The number of benzene rings is 2. The van der Waals surface area contributed by atoms with Gasteiger partial charge >= 0.3 is 0 Å². The van der Waals surface area contributed by atoms with E-state index in [0.29, 0.717) is 37.4 Å². The quantitative estimate of drug-likeness (QED) is 0.564. The summed E-state index contributed by atoms with van der Waals surface area (Å²) in [5.74, 6) is -0.940.